The Morgan fingerprint density at radius 1 is 1.29 bits per heavy atom. The van der Waals surface area contributed by atoms with Crippen LogP contribution in [0.4, 0.5) is 19.0 Å². The van der Waals surface area contributed by atoms with Gasteiger partial charge in [0, 0.05) is 37.2 Å². The molecule has 180 valence electrons. The van der Waals surface area contributed by atoms with Crippen LogP contribution in [-0.2, 0) is 6.18 Å². The Bertz CT molecular complexity index is 1090. The quantitative estimate of drug-likeness (QED) is 0.496. The summed E-state index contributed by atoms with van der Waals surface area (Å²) in [7, 11) is 0. The van der Waals surface area contributed by atoms with Crippen LogP contribution < -0.4 is 5.32 Å². The number of aliphatic imine (C=N–C) groups is 2. The average Bonchev–Trinajstić information content (AvgIpc) is 2.80. The molecule has 3 rings (SSSR count). The summed E-state index contributed by atoms with van der Waals surface area (Å²) in [4.78, 5) is 31.8. The second-order valence-corrected chi connectivity index (χ2v) is 8.06. The second-order valence-electron chi connectivity index (χ2n) is 8.06. The van der Waals surface area contributed by atoms with E-state index in [2.05, 4.69) is 32.0 Å². The third-order valence-corrected chi connectivity index (χ3v) is 5.64. The summed E-state index contributed by atoms with van der Waals surface area (Å²) in [5.74, 6) is 0.349. The summed E-state index contributed by atoms with van der Waals surface area (Å²) in [6.45, 7) is 9.67. The molecule has 0 unspecified atom stereocenters. The zero-order valence-corrected chi connectivity index (χ0v) is 19.3. The lowest BCUT2D eigenvalue weighted by molar-refractivity contribution is -0.137. The van der Waals surface area contributed by atoms with E-state index in [9.17, 15) is 18.0 Å². The van der Waals surface area contributed by atoms with Gasteiger partial charge in [-0.05, 0) is 64.1 Å². The standard InChI is InChI=1S/C24H27F3N6O/c1-5-10-29-22(28-4)18-12-15(2)13-31-21(18)23(34)33-11-6-7-19(16(33)3)32-20-9-8-17(14-30-20)24(25,26)27/h5,8-10,12-14,16,19H,4,6-7,11H2,1-3H3,(H,30,32)/b10-5-,29-22?/t16-,19+/m0/s1. The highest BCUT2D eigenvalue weighted by atomic mass is 19.4. The van der Waals surface area contributed by atoms with Crippen LogP contribution in [0.15, 0.2) is 52.9 Å². The number of pyridine rings is 2. The topological polar surface area (TPSA) is 82.8 Å². The summed E-state index contributed by atoms with van der Waals surface area (Å²) < 4.78 is 38.5. The van der Waals surface area contributed by atoms with Gasteiger partial charge < -0.3 is 10.2 Å². The molecule has 0 spiro atoms. The predicted octanol–water partition coefficient (Wildman–Crippen LogP) is 4.89. The molecule has 0 bridgehead atoms. The lowest BCUT2D eigenvalue weighted by Crippen LogP contribution is -2.52. The first-order valence-electron chi connectivity index (χ1n) is 10.9. The monoisotopic (exact) mass is 472 g/mol. The molecule has 0 aliphatic carbocycles. The molecule has 1 saturated heterocycles. The van der Waals surface area contributed by atoms with E-state index in [1.807, 2.05) is 20.8 Å². The average molecular weight is 473 g/mol. The van der Waals surface area contributed by atoms with E-state index < -0.39 is 11.7 Å². The zero-order valence-electron chi connectivity index (χ0n) is 19.3. The number of likely N-dealkylation sites (tertiary alicyclic amines) is 1. The number of nitrogens with zero attached hydrogens (tertiary/aromatic N) is 5. The summed E-state index contributed by atoms with van der Waals surface area (Å²) >= 11 is 0. The van der Waals surface area contributed by atoms with Crippen molar-refractivity contribution in [3.05, 3.63) is 65.3 Å². The minimum absolute atomic E-state index is 0.190. The zero-order chi connectivity index (χ0) is 24.9. The van der Waals surface area contributed by atoms with Crippen molar-refractivity contribution in [1.29, 1.82) is 0 Å². The highest BCUT2D eigenvalue weighted by Crippen LogP contribution is 2.29. The molecule has 1 amide bonds. The number of aryl methyl sites for hydroxylation is 1. The number of hydrogen-bond donors (Lipinski definition) is 1. The van der Waals surface area contributed by atoms with E-state index in [0.29, 0.717) is 23.8 Å². The Hall–Kier alpha value is -3.56. The predicted molar refractivity (Wildman–Crippen MR) is 126 cm³/mol. The molecular formula is C24H27F3N6O. The summed E-state index contributed by atoms with van der Waals surface area (Å²) in [5, 5.41) is 3.18. The maximum Gasteiger partial charge on any atom is 0.417 e. The molecule has 34 heavy (non-hydrogen) atoms. The fourth-order valence-electron chi connectivity index (χ4n) is 3.85. The number of anilines is 1. The van der Waals surface area contributed by atoms with Crippen molar-refractivity contribution in [2.75, 3.05) is 11.9 Å². The number of halogens is 3. The Labute approximate surface area is 196 Å². The second kappa shape index (κ2) is 10.6. The summed E-state index contributed by atoms with van der Waals surface area (Å²) in [5.41, 5.74) is 0.755. The van der Waals surface area contributed by atoms with Crippen LogP contribution in [0.1, 0.15) is 53.9 Å². The first-order valence-corrected chi connectivity index (χ1v) is 10.9. The van der Waals surface area contributed by atoms with Gasteiger partial charge in [0.1, 0.15) is 11.5 Å². The molecule has 3 heterocycles. The largest absolute Gasteiger partial charge is 0.417 e. The number of aromatic nitrogens is 2. The lowest BCUT2D eigenvalue weighted by Gasteiger charge is -2.40. The molecule has 10 heteroatoms. The van der Waals surface area contributed by atoms with Crippen molar-refractivity contribution >= 4 is 24.3 Å². The highest BCUT2D eigenvalue weighted by molar-refractivity contribution is 6.10. The van der Waals surface area contributed by atoms with Crippen molar-refractivity contribution in [1.82, 2.24) is 14.9 Å². The number of carbonyl (C=O) groups is 1. The van der Waals surface area contributed by atoms with E-state index in [1.54, 1.807) is 29.4 Å². The molecule has 0 radical (unpaired) electrons. The maximum atomic E-state index is 13.5. The molecule has 2 atom stereocenters. The van der Waals surface area contributed by atoms with E-state index in [4.69, 9.17) is 0 Å². The Balaban J connectivity index is 1.84. The van der Waals surface area contributed by atoms with Gasteiger partial charge in [0.2, 0.25) is 0 Å². The summed E-state index contributed by atoms with van der Waals surface area (Å²) in [6, 6.07) is 3.64. The third-order valence-electron chi connectivity index (χ3n) is 5.64. The fraction of sp³-hybridized carbons (Fsp3) is 0.375. The molecule has 2 aromatic heterocycles. The Morgan fingerprint density at radius 3 is 2.68 bits per heavy atom. The Kier molecular flexibility index (Phi) is 7.80. The molecule has 1 aliphatic rings. The van der Waals surface area contributed by atoms with Gasteiger partial charge >= 0.3 is 6.18 Å². The molecule has 1 N–H and O–H groups in total. The normalized spacial score (nSPS) is 19.4. The van der Waals surface area contributed by atoms with Gasteiger partial charge in [-0.25, -0.2) is 15.0 Å². The number of allylic oxidation sites excluding steroid dienone is 1. The van der Waals surface area contributed by atoms with Crippen molar-refractivity contribution < 1.29 is 18.0 Å². The van der Waals surface area contributed by atoms with Crippen LogP contribution >= 0.6 is 0 Å². The van der Waals surface area contributed by atoms with E-state index in [0.717, 1.165) is 30.7 Å². The number of amides is 1. The third kappa shape index (κ3) is 5.67. The van der Waals surface area contributed by atoms with Crippen LogP contribution in [0.3, 0.4) is 0 Å². The maximum absolute atomic E-state index is 13.5. The SMILES string of the molecule is C=NC(=N/C=C\C)c1cc(C)cnc1C(=O)N1CCC[C@@H](Nc2ccc(C(F)(F)F)cn2)[C@@H]1C. The van der Waals surface area contributed by atoms with Crippen LogP contribution in [-0.4, -0.2) is 52.0 Å². The molecule has 7 nitrogen and oxygen atoms in total. The van der Waals surface area contributed by atoms with Gasteiger partial charge in [0.15, 0.2) is 5.84 Å². The number of amidine groups is 1. The molecule has 1 aliphatic heterocycles. The van der Waals surface area contributed by atoms with Crippen molar-refractivity contribution in [2.45, 2.75) is 51.9 Å². The van der Waals surface area contributed by atoms with E-state index in [-0.39, 0.29) is 23.7 Å². The first-order chi connectivity index (χ1) is 16.2. The number of piperidine rings is 1. The molecule has 0 aromatic carbocycles. The number of hydrogen-bond acceptors (Lipinski definition) is 5. The van der Waals surface area contributed by atoms with E-state index in [1.165, 1.54) is 6.07 Å². The van der Waals surface area contributed by atoms with Gasteiger partial charge in [-0.3, -0.25) is 9.78 Å². The van der Waals surface area contributed by atoms with Crippen molar-refractivity contribution in [2.24, 2.45) is 9.98 Å². The number of carbonyl (C=O) groups excluding carboxylic acids is 1. The van der Waals surface area contributed by atoms with Gasteiger partial charge in [0.05, 0.1) is 11.1 Å². The summed E-state index contributed by atoms with van der Waals surface area (Å²) in [6.07, 6.45) is 2.74. The smallest absolute Gasteiger partial charge is 0.365 e. The molecule has 0 saturated carbocycles. The van der Waals surface area contributed by atoms with Gasteiger partial charge in [0.25, 0.3) is 5.91 Å². The molecule has 2 aromatic rings. The minimum Gasteiger partial charge on any atom is -0.365 e. The van der Waals surface area contributed by atoms with Crippen molar-refractivity contribution in [3.8, 4) is 0 Å². The number of alkyl halides is 3. The highest BCUT2D eigenvalue weighted by Gasteiger charge is 2.34. The van der Waals surface area contributed by atoms with Gasteiger partial charge in [-0.1, -0.05) is 6.08 Å². The first kappa shape index (κ1) is 25.1. The lowest BCUT2D eigenvalue weighted by atomic mass is 9.96. The fourth-order valence-corrected chi connectivity index (χ4v) is 3.85. The van der Waals surface area contributed by atoms with Crippen LogP contribution in [0.2, 0.25) is 0 Å². The van der Waals surface area contributed by atoms with Crippen molar-refractivity contribution in [3.63, 3.8) is 0 Å². The van der Waals surface area contributed by atoms with Gasteiger partial charge in [-0.2, -0.15) is 13.2 Å². The number of nitrogens with one attached hydrogen (secondary N) is 1. The minimum atomic E-state index is -4.44. The van der Waals surface area contributed by atoms with Crippen LogP contribution in [0.25, 0.3) is 0 Å². The van der Waals surface area contributed by atoms with Crippen LogP contribution in [0, 0.1) is 6.92 Å². The van der Waals surface area contributed by atoms with Crippen LogP contribution in [0.5, 0.6) is 0 Å². The van der Waals surface area contributed by atoms with Gasteiger partial charge in [-0.15, -0.1) is 0 Å². The molecular weight excluding hydrogens is 445 g/mol. The number of rotatable bonds is 5. The Morgan fingerprint density at radius 2 is 2.06 bits per heavy atom. The molecule has 1 fully saturated rings. The van der Waals surface area contributed by atoms with E-state index >= 15 is 0 Å².